The quantitative estimate of drug-likeness (QED) is 0.918. The smallest absolute Gasteiger partial charge is 0.322 e. The predicted octanol–water partition coefficient (Wildman–Crippen LogP) is 1.39. The zero-order valence-electron chi connectivity index (χ0n) is 11.7. The van der Waals surface area contributed by atoms with Gasteiger partial charge in [-0.05, 0) is 25.3 Å². The molecule has 1 aliphatic rings. The number of aryl methyl sites for hydroxylation is 2. The van der Waals surface area contributed by atoms with Crippen molar-refractivity contribution in [3.8, 4) is 0 Å². The number of rotatable bonds is 3. The van der Waals surface area contributed by atoms with Crippen molar-refractivity contribution >= 4 is 0 Å². The van der Waals surface area contributed by atoms with Crippen LogP contribution in [0.15, 0.2) is 29.1 Å². The van der Waals surface area contributed by atoms with Gasteiger partial charge < -0.3 is 5.73 Å². The van der Waals surface area contributed by atoms with E-state index in [1.807, 2.05) is 31.2 Å². The molecule has 2 N–H and O–H groups in total. The third kappa shape index (κ3) is 2.41. The number of nitrogens with two attached hydrogens (primary N) is 1. The Morgan fingerprint density at radius 1 is 1.30 bits per heavy atom. The molecular weight excluding hydrogens is 252 g/mol. The zero-order valence-corrected chi connectivity index (χ0v) is 11.7. The molecule has 0 aliphatic carbocycles. The van der Waals surface area contributed by atoms with E-state index in [4.69, 9.17) is 5.73 Å². The molecule has 0 spiro atoms. The highest BCUT2D eigenvalue weighted by Crippen LogP contribution is 2.14. The van der Waals surface area contributed by atoms with Crippen LogP contribution in [-0.2, 0) is 19.5 Å². The Kier molecular flexibility index (Phi) is 3.44. The SMILES string of the molecule is Cc1ccc(C(N)Cn2nc3n(c2=O)CCCC3)cc1. The molecule has 1 unspecified atom stereocenters. The molecule has 1 aromatic carbocycles. The lowest BCUT2D eigenvalue weighted by Crippen LogP contribution is -2.30. The molecule has 3 rings (SSSR count). The second kappa shape index (κ2) is 5.25. The highest BCUT2D eigenvalue weighted by molar-refractivity contribution is 5.23. The van der Waals surface area contributed by atoms with Crippen LogP contribution in [0.2, 0.25) is 0 Å². The van der Waals surface area contributed by atoms with Gasteiger partial charge in [-0.1, -0.05) is 29.8 Å². The van der Waals surface area contributed by atoms with E-state index in [0.717, 1.165) is 37.2 Å². The van der Waals surface area contributed by atoms with Crippen molar-refractivity contribution in [1.82, 2.24) is 14.3 Å². The van der Waals surface area contributed by atoms with E-state index in [0.29, 0.717) is 6.54 Å². The molecule has 20 heavy (non-hydrogen) atoms. The number of aromatic nitrogens is 3. The number of hydrogen-bond donors (Lipinski definition) is 1. The molecule has 106 valence electrons. The number of fused-ring (bicyclic) bond motifs is 1. The highest BCUT2D eigenvalue weighted by Gasteiger charge is 2.18. The van der Waals surface area contributed by atoms with E-state index in [1.54, 1.807) is 4.57 Å². The van der Waals surface area contributed by atoms with Gasteiger partial charge in [-0.25, -0.2) is 9.48 Å². The molecule has 0 saturated carbocycles. The minimum atomic E-state index is -0.203. The third-order valence-electron chi connectivity index (χ3n) is 3.91. The van der Waals surface area contributed by atoms with Gasteiger partial charge in [-0.15, -0.1) is 0 Å². The van der Waals surface area contributed by atoms with Gasteiger partial charge in [-0.2, -0.15) is 5.10 Å². The normalized spacial score (nSPS) is 15.9. The van der Waals surface area contributed by atoms with Gasteiger partial charge >= 0.3 is 5.69 Å². The van der Waals surface area contributed by atoms with E-state index in [-0.39, 0.29) is 11.7 Å². The van der Waals surface area contributed by atoms with Crippen molar-refractivity contribution in [3.63, 3.8) is 0 Å². The van der Waals surface area contributed by atoms with Crippen molar-refractivity contribution in [3.05, 3.63) is 51.7 Å². The monoisotopic (exact) mass is 272 g/mol. The summed E-state index contributed by atoms with van der Waals surface area (Å²) in [6, 6.07) is 7.90. The second-order valence-corrected chi connectivity index (χ2v) is 5.51. The van der Waals surface area contributed by atoms with Gasteiger partial charge in [0.15, 0.2) is 0 Å². The first-order chi connectivity index (χ1) is 9.65. The van der Waals surface area contributed by atoms with Crippen molar-refractivity contribution in [2.75, 3.05) is 0 Å². The van der Waals surface area contributed by atoms with E-state index in [1.165, 1.54) is 10.2 Å². The summed E-state index contributed by atoms with van der Waals surface area (Å²) < 4.78 is 3.30. The lowest BCUT2D eigenvalue weighted by Gasteiger charge is -2.11. The molecule has 2 heterocycles. The summed E-state index contributed by atoms with van der Waals surface area (Å²) in [5, 5.41) is 4.42. The van der Waals surface area contributed by atoms with Crippen molar-refractivity contribution in [1.29, 1.82) is 0 Å². The van der Waals surface area contributed by atoms with Crippen LogP contribution >= 0.6 is 0 Å². The molecular formula is C15H20N4O. The standard InChI is InChI=1S/C15H20N4O/c1-11-5-7-12(8-6-11)13(16)10-19-15(20)18-9-3-2-4-14(18)17-19/h5-8,13H,2-4,9-10,16H2,1H3. The van der Waals surface area contributed by atoms with E-state index < -0.39 is 0 Å². The Morgan fingerprint density at radius 2 is 2.05 bits per heavy atom. The lowest BCUT2D eigenvalue weighted by molar-refractivity contribution is 0.498. The molecule has 1 atom stereocenters. The van der Waals surface area contributed by atoms with E-state index >= 15 is 0 Å². The number of nitrogens with zero attached hydrogens (tertiary/aromatic N) is 3. The summed E-state index contributed by atoms with van der Waals surface area (Å²) in [4.78, 5) is 12.2. The summed E-state index contributed by atoms with van der Waals surface area (Å²) in [7, 11) is 0. The fourth-order valence-corrected chi connectivity index (χ4v) is 2.67. The molecule has 5 heteroatoms. The van der Waals surface area contributed by atoms with E-state index in [9.17, 15) is 4.79 Å². The highest BCUT2D eigenvalue weighted by atomic mass is 16.2. The van der Waals surface area contributed by atoms with E-state index in [2.05, 4.69) is 5.10 Å². The Morgan fingerprint density at radius 3 is 2.75 bits per heavy atom. The van der Waals surface area contributed by atoms with Crippen LogP contribution in [0.5, 0.6) is 0 Å². The van der Waals surface area contributed by atoms with Gasteiger partial charge in [0.05, 0.1) is 6.54 Å². The third-order valence-corrected chi connectivity index (χ3v) is 3.91. The second-order valence-electron chi connectivity index (χ2n) is 5.51. The molecule has 1 aromatic heterocycles. The van der Waals surface area contributed by atoms with Crippen LogP contribution < -0.4 is 11.4 Å². The first-order valence-electron chi connectivity index (χ1n) is 7.14. The maximum absolute atomic E-state index is 12.2. The predicted molar refractivity (Wildman–Crippen MR) is 77.5 cm³/mol. The van der Waals surface area contributed by atoms with Gasteiger partial charge in [-0.3, -0.25) is 4.57 Å². The Hall–Kier alpha value is -1.88. The largest absolute Gasteiger partial charge is 0.345 e. The average molecular weight is 272 g/mol. The molecule has 0 bridgehead atoms. The molecule has 0 saturated heterocycles. The Balaban J connectivity index is 1.82. The summed E-state index contributed by atoms with van der Waals surface area (Å²) in [5.74, 6) is 0.900. The van der Waals surface area contributed by atoms with Crippen molar-refractivity contribution < 1.29 is 0 Å². The minimum absolute atomic E-state index is 0.0257. The first-order valence-corrected chi connectivity index (χ1v) is 7.14. The zero-order chi connectivity index (χ0) is 14.1. The van der Waals surface area contributed by atoms with Crippen LogP contribution in [0, 0.1) is 6.92 Å². The van der Waals surface area contributed by atoms with Gasteiger partial charge in [0.25, 0.3) is 0 Å². The maximum Gasteiger partial charge on any atom is 0.345 e. The van der Waals surface area contributed by atoms with Crippen LogP contribution in [0.25, 0.3) is 0 Å². The molecule has 2 aromatic rings. The maximum atomic E-state index is 12.2. The molecule has 0 radical (unpaired) electrons. The fourth-order valence-electron chi connectivity index (χ4n) is 2.67. The Bertz CT molecular complexity index is 654. The summed E-state index contributed by atoms with van der Waals surface area (Å²) in [6.07, 6.45) is 3.06. The Labute approximate surface area is 118 Å². The number of hydrogen-bond acceptors (Lipinski definition) is 3. The first kappa shape index (κ1) is 13.1. The van der Waals surface area contributed by atoms with Crippen LogP contribution in [0.1, 0.15) is 35.8 Å². The summed E-state index contributed by atoms with van der Waals surface area (Å²) >= 11 is 0. The minimum Gasteiger partial charge on any atom is -0.322 e. The fraction of sp³-hybridized carbons (Fsp3) is 0.467. The van der Waals surface area contributed by atoms with Crippen LogP contribution in [0.3, 0.4) is 0 Å². The summed E-state index contributed by atoms with van der Waals surface area (Å²) in [5.41, 5.74) is 8.41. The van der Waals surface area contributed by atoms with Gasteiger partial charge in [0, 0.05) is 19.0 Å². The topological polar surface area (TPSA) is 65.8 Å². The molecule has 0 amide bonds. The average Bonchev–Trinajstić information content (AvgIpc) is 2.77. The van der Waals surface area contributed by atoms with Crippen molar-refractivity contribution in [2.24, 2.45) is 5.73 Å². The van der Waals surface area contributed by atoms with Crippen molar-refractivity contribution in [2.45, 2.75) is 45.3 Å². The molecule has 5 nitrogen and oxygen atoms in total. The molecule has 0 fully saturated rings. The molecule has 1 aliphatic heterocycles. The lowest BCUT2D eigenvalue weighted by atomic mass is 10.1. The summed E-state index contributed by atoms with van der Waals surface area (Å²) in [6.45, 7) is 3.26. The van der Waals surface area contributed by atoms with Gasteiger partial charge in [0.2, 0.25) is 0 Å². The van der Waals surface area contributed by atoms with Crippen LogP contribution in [-0.4, -0.2) is 14.3 Å². The van der Waals surface area contributed by atoms with Gasteiger partial charge in [0.1, 0.15) is 5.82 Å². The van der Waals surface area contributed by atoms with Crippen LogP contribution in [0.4, 0.5) is 0 Å². The number of benzene rings is 1.